The zero-order valence-electron chi connectivity index (χ0n) is 14.0. The molecule has 0 radical (unpaired) electrons. The molecule has 1 fully saturated rings. The lowest BCUT2D eigenvalue weighted by Crippen LogP contribution is -2.46. The largest absolute Gasteiger partial charge is 0.573 e. The first-order valence-corrected chi connectivity index (χ1v) is 7.68. The van der Waals surface area contributed by atoms with Crippen molar-refractivity contribution >= 4 is 24.3 Å². The summed E-state index contributed by atoms with van der Waals surface area (Å²) in [5.41, 5.74) is 6.31. The molecule has 0 bridgehead atoms. The van der Waals surface area contributed by atoms with Gasteiger partial charge in [0.15, 0.2) is 5.96 Å². The van der Waals surface area contributed by atoms with E-state index in [4.69, 9.17) is 11.1 Å². The molecule has 0 spiro atoms. The highest BCUT2D eigenvalue weighted by Crippen LogP contribution is 2.27. The van der Waals surface area contributed by atoms with Crippen molar-refractivity contribution < 1.29 is 26.7 Å². The maximum absolute atomic E-state index is 13.1. The van der Waals surface area contributed by atoms with Gasteiger partial charge in [-0.3, -0.25) is 5.41 Å². The van der Waals surface area contributed by atoms with E-state index in [1.165, 1.54) is 17.0 Å². The van der Waals surface area contributed by atoms with Gasteiger partial charge in [0.1, 0.15) is 5.75 Å². The zero-order valence-corrected chi connectivity index (χ0v) is 14.8. The van der Waals surface area contributed by atoms with Gasteiger partial charge in [-0.15, -0.1) is 25.6 Å². The molecule has 1 heterocycles. The van der Waals surface area contributed by atoms with Gasteiger partial charge in [0, 0.05) is 32.5 Å². The Kier molecular flexibility index (Phi) is 7.64. The van der Waals surface area contributed by atoms with Crippen molar-refractivity contribution in [2.45, 2.75) is 31.7 Å². The predicted molar refractivity (Wildman–Crippen MR) is 92.3 cm³/mol. The van der Waals surface area contributed by atoms with Crippen LogP contribution in [0.2, 0.25) is 0 Å². The van der Waals surface area contributed by atoms with Crippen molar-refractivity contribution in [1.29, 1.82) is 5.41 Å². The van der Waals surface area contributed by atoms with Crippen molar-refractivity contribution in [3.05, 3.63) is 29.8 Å². The number of piperidine rings is 1. The summed E-state index contributed by atoms with van der Waals surface area (Å²) < 4.78 is 66.2. The predicted octanol–water partition coefficient (Wildman–Crippen LogP) is 3.08. The number of nitrogens with two attached hydrogens (primary N) is 1. The lowest BCUT2D eigenvalue weighted by Gasteiger charge is -2.32. The highest BCUT2D eigenvalue weighted by atomic mass is 35.5. The van der Waals surface area contributed by atoms with E-state index in [-0.39, 0.29) is 62.6 Å². The molecule has 27 heavy (non-hydrogen) atoms. The molecule has 4 N–H and O–H groups in total. The van der Waals surface area contributed by atoms with Crippen LogP contribution in [0.25, 0.3) is 0 Å². The lowest BCUT2D eigenvalue weighted by atomic mass is 10.1. The minimum Gasteiger partial charge on any atom is -0.406 e. The average molecular weight is 416 g/mol. The number of likely N-dealkylation sites (tertiary alicyclic amines) is 1. The van der Waals surface area contributed by atoms with Crippen LogP contribution in [0.3, 0.4) is 0 Å². The summed E-state index contributed by atoms with van der Waals surface area (Å²) in [5.74, 6) is -3.37. The minimum absolute atomic E-state index is 0. The molecule has 0 saturated carbocycles. The summed E-state index contributed by atoms with van der Waals surface area (Å²) in [5, 5.41) is 10.3. The Balaban J connectivity index is 0.00000364. The molecule has 0 amide bonds. The Bertz CT molecular complexity index is 656. The van der Waals surface area contributed by atoms with Crippen LogP contribution in [0.15, 0.2) is 29.3 Å². The van der Waals surface area contributed by atoms with E-state index in [0.717, 1.165) is 12.1 Å². The van der Waals surface area contributed by atoms with E-state index in [9.17, 15) is 22.0 Å². The molecule has 1 aromatic carbocycles. The van der Waals surface area contributed by atoms with Crippen LogP contribution in [0.1, 0.15) is 18.4 Å². The highest BCUT2D eigenvalue weighted by molar-refractivity contribution is 5.92. The molecule has 1 saturated heterocycles. The molecule has 0 unspecified atom stereocenters. The number of hydrogen-bond acceptors (Lipinski definition) is 2. The molecule has 12 heteroatoms. The SMILES string of the molecule is Cl.N=C(N=C(N)N1CCC(F)(F)CC1)NCc1ccc(OC(F)(F)F)cc1. The molecule has 6 nitrogen and oxygen atoms in total. The van der Waals surface area contributed by atoms with Gasteiger partial charge < -0.3 is 20.7 Å². The number of alkyl halides is 5. The van der Waals surface area contributed by atoms with Crippen LogP contribution in [-0.4, -0.2) is 42.2 Å². The Labute approximate surface area is 158 Å². The summed E-state index contributed by atoms with van der Waals surface area (Å²) >= 11 is 0. The smallest absolute Gasteiger partial charge is 0.406 e. The van der Waals surface area contributed by atoms with Gasteiger partial charge in [0.25, 0.3) is 5.92 Å². The van der Waals surface area contributed by atoms with Crippen LogP contribution >= 0.6 is 12.4 Å². The number of hydrogen-bond donors (Lipinski definition) is 3. The zero-order chi connectivity index (χ0) is 19.4. The van der Waals surface area contributed by atoms with Crippen molar-refractivity contribution in [3.63, 3.8) is 0 Å². The standard InChI is InChI=1S/C15H18F5N5O.ClH/c16-14(17)5-7-25(8-6-14)13(22)24-12(21)23-9-10-1-3-11(4-2-10)26-15(18,19)20;/h1-4H,5-9H2,(H4,21,22,23,24);1H. The number of nitrogens with one attached hydrogen (secondary N) is 2. The quantitative estimate of drug-likeness (QED) is 0.402. The fraction of sp³-hybridized carbons (Fsp3) is 0.467. The summed E-state index contributed by atoms with van der Waals surface area (Å²) in [4.78, 5) is 5.27. The third kappa shape index (κ3) is 7.85. The minimum atomic E-state index is -4.76. The molecule has 2 rings (SSSR count). The van der Waals surface area contributed by atoms with E-state index in [0.29, 0.717) is 5.56 Å². The molecule has 1 aliphatic heterocycles. The number of benzene rings is 1. The first-order valence-electron chi connectivity index (χ1n) is 7.68. The second-order valence-corrected chi connectivity index (χ2v) is 5.71. The molecule has 0 aromatic heterocycles. The van der Waals surface area contributed by atoms with Crippen molar-refractivity contribution in [2.75, 3.05) is 13.1 Å². The maximum Gasteiger partial charge on any atom is 0.573 e. The maximum atomic E-state index is 13.1. The molecule has 0 atom stereocenters. The summed E-state index contributed by atoms with van der Waals surface area (Å²) in [7, 11) is 0. The molecule has 1 aromatic rings. The van der Waals surface area contributed by atoms with Crippen molar-refractivity contribution in [2.24, 2.45) is 10.7 Å². The molecule has 1 aliphatic rings. The second-order valence-electron chi connectivity index (χ2n) is 5.71. The molecular formula is C15H19ClF5N5O. The van der Waals surface area contributed by atoms with E-state index in [1.807, 2.05) is 0 Å². The normalized spacial score (nSPS) is 17.1. The highest BCUT2D eigenvalue weighted by Gasteiger charge is 2.34. The third-order valence-corrected chi connectivity index (χ3v) is 3.66. The summed E-state index contributed by atoms with van der Waals surface area (Å²) in [6, 6.07) is 5.11. The first kappa shape index (κ1) is 22.7. The molecule has 0 aliphatic carbocycles. The monoisotopic (exact) mass is 415 g/mol. The fourth-order valence-corrected chi connectivity index (χ4v) is 2.28. The number of nitrogens with zero attached hydrogens (tertiary/aromatic N) is 2. The van der Waals surface area contributed by atoms with Gasteiger partial charge in [0.2, 0.25) is 5.96 Å². The summed E-state index contributed by atoms with van der Waals surface area (Å²) in [6.45, 7) is 0.229. The first-order chi connectivity index (χ1) is 12.0. The Morgan fingerprint density at radius 1 is 1.22 bits per heavy atom. The number of rotatable bonds is 3. The number of halogens is 6. The number of guanidine groups is 2. The van der Waals surface area contributed by atoms with Crippen LogP contribution < -0.4 is 15.8 Å². The van der Waals surface area contributed by atoms with Gasteiger partial charge in [-0.1, -0.05) is 12.1 Å². The van der Waals surface area contributed by atoms with Crippen molar-refractivity contribution in [3.8, 4) is 5.75 Å². The van der Waals surface area contributed by atoms with Crippen LogP contribution in [0.4, 0.5) is 22.0 Å². The third-order valence-electron chi connectivity index (χ3n) is 3.66. The molecule has 152 valence electrons. The Hall–Kier alpha value is -2.30. The van der Waals surface area contributed by atoms with Gasteiger partial charge in [-0.25, -0.2) is 8.78 Å². The fourth-order valence-electron chi connectivity index (χ4n) is 2.28. The van der Waals surface area contributed by atoms with Crippen LogP contribution in [0.5, 0.6) is 5.75 Å². The second kappa shape index (κ2) is 9.07. The Morgan fingerprint density at radius 3 is 2.30 bits per heavy atom. The Morgan fingerprint density at radius 2 is 1.78 bits per heavy atom. The van der Waals surface area contributed by atoms with Crippen LogP contribution in [-0.2, 0) is 6.54 Å². The number of aliphatic imine (C=N–C) groups is 1. The number of ether oxygens (including phenoxy) is 1. The lowest BCUT2D eigenvalue weighted by molar-refractivity contribution is -0.274. The van der Waals surface area contributed by atoms with E-state index in [2.05, 4.69) is 15.0 Å². The van der Waals surface area contributed by atoms with Crippen molar-refractivity contribution in [1.82, 2.24) is 10.2 Å². The topological polar surface area (TPSA) is 86.7 Å². The van der Waals surface area contributed by atoms with E-state index in [1.54, 1.807) is 0 Å². The van der Waals surface area contributed by atoms with Gasteiger partial charge in [-0.2, -0.15) is 4.99 Å². The van der Waals surface area contributed by atoms with Gasteiger partial charge in [-0.05, 0) is 17.7 Å². The average Bonchev–Trinajstić information content (AvgIpc) is 2.52. The van der Waals surface area contributed by atoms with Gasteiger partial charge in [0.05, 0.1) is 0 Å². The van der Waals surface area contributed by atoms with Gasteiger partial charge >= 0.3 is 6.36 Å². The van der Waals surface area contributed by atoms with Crippen LogP contribution in [0, 0.1) is 5.41 Å². The summed E-state index contributed by atoms with van der Waals surface area (Å²) in [6.07, 6.45) is -5.40. The molecular weight excluding hydrogens is 397 g/mol. The van der Waals surface area contributed by atoms with E-state index < -0.39 is 12.3 Å². The van der Waals surface area contributed by atoms with E-state index >= 15 is 0 Å².